The van der Waals surface area contributed by atoms with Gasteiger partial charge in [0.25, 0.3) is 0 Å². The predicted octanol–water partition coefficient (Wildman–Crippen LogP) is 22.9. The van der Waals surface area contributed by atoms with Crippen molar-refractivity contribution in [3.63, 3.8) is 0 Å². The summed E-state index contributed by atoms with van der Waals surface area (Å²) < 4.78 is 16.9. The summed E-state index contributed by atoms with van der Waals surface area (Å²) in [6, 6.07) is 0. The molecule has 0 saturated carbocycles. The van der Waals surface area contributed by atoms with E-state index in [0.717, 1.165) is 161 Å². The van der Waals surface area contributed by atoms with Gasteiger partial charge in [-0.05, 0) is 148 Å². The standard InChI is InChI=1S/C75H120O6/c1-4-7-10-13-16-19-22-25-27-29-31-32-33-34-35-36-37-38-39-40-41-42-44-45-47-50-53-56-59-62-65-68-74(77)80-71-72(70-79-73(76)67-64-61-58-55-52-49-24-21-18-15-12-9-6-3)81-75(78)69-66-63-60-57-54-51-48-46-43-30-28-26-23-20-17-14-11-8-5-2/h7,10,12,15-17,19-21,24-28,31-32,34-35,37-38,40-41,44-45,50,53,72H,4-6,8-9,11,13-14,18,22-23,29-30,33,36,39,42-43,46-49,51-52,54-71H2,1-3H3/b10-7-,15-12-,19-16-,20-17-,24-21-,27-25-,28-26-,32-31-,35-34-,38-37-,41-40-,45-44-,53-50-. The van der Waals surface area contributed by atoms with Crippen molar-refractivity contribution in [1.29, 1.82) is 0 Å². The van der Waals surface area contributed by atoms with Crippen LogP contribution in [0.1, 0.15) is 278 Å². The molecule has 81 heavy (non-hydrogen) atoms. The van der Waals surface area contributed by atoms with Crippen LogP contribution < -0.4 is 0 Å². The molecule has 1 unspecified atom stereocenters. The second-order valence-electron chi connectivity index (χ2n) is 21.3. The molecule has 0 spiro atoms. The third-order valence-corrected chi connectivity index (χ3v) is 13.5. The van der Waals surface area contributed by atoms with Crippen LogP contribution in [-0.4, -0.2) is 37.2 Å². The summed E-state index contributed by atoms with van der Waals surface area (Å²) in [5.74, 6) is -0.956. The van der Waals surface area contributed by atoms with E-state index in [9.17, 15) is 14.4 Å². The molecular formula is C75H120O6. The van der Waals surface area contributed by atoms with Crippen LogP contribution in [0, 0.1) is 0 Å². The first-order valence-electron chi connectivity index (χ1n) is 33.0. The second kappa shape index (κ2) is 67.5. The Morgan fingerprint density at radius 2 is 0.506 bits per heavy atom. The van der Waals surface area contributed by atoms with E-state index in [2.05, 4.69) is 179 Å². The molecule has 0 N–H and O–H groups in total. The smallest absolute Gasteiger partial charge is 0.306 e. The van der Waals surface area contributed by atoms with Gasteiger partial charge in [-0.15, -0.1) is 0 Å². The molecule has 0 aromatic rings. The van der Waals surface area contributed by atoms with Crippen molar-refractivity contribution < 1.29 is 28.6 Å². The highest BCUT2D eigenvalue weighted by atomic mass is 16.6. The number of rotatable bonds is 58. The van der Waals surface area contributed by atoms with Crippen molar-refractivity contribution in [3.05, 3.63) is 158 Å². The van der Waals surface area contributed by atoms with Crippen molar-refractivity contribution in [3.8, 4) is 0 Å². The minimum Gasteiger partial charge on any atom is -0.462 e. The molecule has 0 aliphatic heterocycles. The van der Waals surface area contributed by atoms with Gasteiger partial charge in [0.15, 0.2) is 6.10 Å². The van der Waals surface area contributed by atoms with E-state index in [-0.39, 0.29) is 31.1 Å². The van der Waals surface area contributed by atoms with Crippen molar-refractivity contribution in [2.45, 2.75) is 284 Å². The molecule has 0 aliphatic rings. The monoisotopic (exact) mass is 1120 g/mol. The Balaban J connectivity index is 4.41. The zero-order valence-corrected chi connectivity index (χ0v) is 52.2. The predicted molar refractivity (Wildman–Crippen MR) is 352 cm³/mol. The largest absolute Gasteiger partial charge is 0.462 e. The Bertz CT molecular complexity index is 1810. The van der Waals surface area contributed by atoms with Gasteiger partial charge < -0.3 is 14.2 Å². The fraction of sp³-hybridized carbons (Fsp3) is 0.613. The molecule has 0 radical (unpaired) electrons. The van der Waals surface area contributed by atoms with E-state index in [0.29, 0.717) is 19.3 Å². The zero-order valence-electron chi connectivity index (χ0n) is 52.2. The molecular weight excluding hydrogens is 997 g/mol. The molecule has 0 fully saturated rings. The van der Waals surface area contributed by atoms with Crippen molar-refractivity contribution in [1.82, 2.24) is 0 Å². The minimum absolute atomic E-state index is 0.103. The van der Waals surface area contributed by atoms with E-state index in [1.165, 1.54) is 77.0 Å². The summed E-state index contributed by atoms with van der Waals surface area (Å²) in [6.07, 6.45) is 98.2. The maximum Gasteiger partial charge on any atom is 0.306 e. The van der Waals surface area contributed by atoms with Crippen LogP contribution in [-0.2, 0) is 28.6 Å². The van der Waals surface area contributed by atoms with Crippen molar-refractivity contribution in [2.75, 3.05) is 13.2 Å². The Labute approximate surface area is 499 Å². The van der Waals surface area contributed by atoms with Gasteiger partial charge in [-0.3, -0.25) is 14.4 Å². The summed E-state index contributed by atoms with van der Waals surface area (Å²) in [5, 5.41) is 0. The summed E-state index contributed by atoms with van der Waals surface area (Å²) in [5.41, 5.74) is 0. The molecule has 0 amide bonds. The number of hydrogen-bond donors (Lipinski definition) is 0. The lowest BCUT2D eigenvalue weighted by Crippen LogP contribution is -2.30. The van der Waals surface area contributed by atoms with E-state index in [4.69, 9.17) is 14.2 Å². The molecule has 6 nitrogen and oxygen atoms in total. The number of carbonyl (C=O) groups excluding carboxylic acids is 3. The van der Waals surface area contributed by atoms with E-state index in [1.807, 2.05) is 0 Å². The van der Waals surface area contributed by atoms with Crippen LogP contribution in [0.25, 0.3) is 0 Å². The third-order valence-electron chi connectivity index (χ3n) is 13.5. The molecule has 456 valence electrons. The lowest BCUT2D eigenvalue weighted by Gasteiger charge is -2.18. The van der Waals surface area contributed by atoms with Gasteiger partial charge in [-0.25, -0.2) is 0 Å². The first-order chi connectivity index (χ1) is 40.0. The highest BCUT2D eigenvalue weighted by Crippen LogP contribution is 2.15. The van der Waals surface area contributed by atoms with Crippen molar-refractivity contribution >= 4 is 17.9 Å². The van der Waals surface area contributed by atoms with E-state index >= 15 is 0 Å². The van der Waals surface area contributed by atoms with Crippen LogP contribution >= 0.6 is 0 Å². The Hall–Kier alpha value is -4.97. The van der Waals surface area contributed by atoms with E-state index in [1.54, 1.807) is 0 Å². The van der Waals surface area contributed by atoms with Gasteiger partial charge in [0.05, 0.1) is 0 Å². The fourth-order valence-corrected chi connectivity index (χ4v) is 8.56. The number of ether oxygens (including phenoxy) is 3. The van der Waals surface area contributed by atoms with Crippen LogP contribution in [0.2, 0.25) is 0 Å². The molecule has 6 heteroatoms. The molecule has 0 aliphatic carbocycles. The maximum atomic E-state index is 12.9. The average Bonchev–Trinajstić information content (AvgIpc) is 3.46. The minimum atomic E-state index is -0.809. The van der Waals surface area contributed by atoms with Gasteiger partial charge in [0.2, 0.25) is 0 Å². The number of hydrogen-bond acceptors (Lipinski definition) is 6. The highest BCUT2D eigenvalue weighted by molar-refractivity contribution is 5.71. The van der Waals surface area contributed by atoms with Crippen LogP contribution in [0.5, 0.6) is 0 Å². The van der Waals surface area contributed by atoms with Gasteiger partial charge in [-0.2, -0.15) is 0 Å². The normalized spacial score (nSPS) is 13.2. The lowest BCUT2D eigenvalue weighted by molar-refractivity contribution is -0.167. The SMILES string of the molecule is CC/C=C\C/C=C\C/C=C\C/C=C\C/C=C\C/C=C\C/C=C\C/C=C\C/C=C\CCCCCC(=O)OCC(COC(=O)CCCCCCC/C=C\C/C=C\CCC)OC(=O)CCCCCCCCCCC/C=C\C/C=C\CCCCC. The third kappa shape index (κ3) is 65.7. The molecule has 0 rings (SSSR count). The fourth-order valence-electron chi connectivity index (χ4n) is 8.56. The maximum absolute atomic E-state index is 12.9. The second-order valence-corrected chi connectivity index (χ2v) is 21.3. The summed E-state index contributed by atoms with van der Waals surface area (Å²) in [7, 11) is 0. The Kier molecular flexibility index (Phi) is 63.4. The molecule has 0 aromatic carbocycles. The molecule has 0 bridgehead atoms. The van der Waals surface area contributed by atoms with Gasteiger partial charge in [-0.1, -0.05) is 269 Å². The first kappa shape index (κ1) is 76.0. The molecule has 0 heterocycles. The van der Waals surface area contributed by atoms with Crippen LogP contribution in [0.3, 0.4) is 0 Å². The quantitative estimate of drug-likeness (QED) is 0.0261. The van der Waals surface area contributed by atoms with Crippen LogP contribution in [0.4, 0.5) is 0 Å². The number of esters is 3. The summed E-state index contributed by atoms with van der Waals surface area (Å²) in [4.78, 5) is 38.3. The topological polar surface area (TPSA) is 78.9 Å². The first-order valence-corrected chi connectivity index (χ1v) is 33.0. The molecule has 0 aromatic heterocycles. The van der Waals surface area contributed by atoms with Gasteiger partial charge in [0, 0.05) is 19.3 Å². The molecule has 1 atom stereocenters. The van der Waals surface area contributed by atoms with Crippen LogP contribution in [0.15, 0.2) is 158 Å². The summed E-state index contributed by atoms with van der Waals surface area (Å²) in [6.45, 7) is 6.39. The number of carbonyl (C=O) groups is 3. The zero-order chi connectivity index (χ0) is 58.5. The number of allylic oxidation sites excluding steroid dienone is 26. The lowest BCUT2D eigenvalue weighted by atomic mass is 10.1. The highest BCUT2D eigenvalue weighted by Gasteiger charge is 2.19. The molecule has 0 saturated heterocycles. The Morgan fingerprint density at radius 1 is 0.259 bits per heavy atom. The average molecular weight is 1120 g/mol. The Morgan fingerprint density at radius 3 is 0.815 bits per heavy atom. The van der Waals surface area contributed by atoms with E-state index < -0.39 is 6.10 Å². The van der Waals surface area contributed by atoms with Gasteiger partial charge in [0.1, 0.15) is 13.2 Å². The summed E-state index contributed by atoms with van der Waals surface area (Å²) >= 11 is 0. The van der Waals surface area contributed by atoms with Gasteiger partial charge >= 0.3 is 17.9 Å². The van der Waals surface area contributed by atoms with Crippen molar-refractivity contribution in [2.24, 2.45) is 0 Å². The number of unbranched alkanes of at least 4 members (excludes halogenated alkanes) is 21.